The molecule has 86 valence electrons. The molecule has 2 rings (SSSR count). The molecule has 0 amide bonds. The van der Waals surface area contributed by atoms with Crippen LogP contribution in [0.1, 0.15) is 26.5 Å². The van der Waals surface area contributed by atoms with Crippen LogP contribution in [0.3, 0.4) is 0 Å². The lowest BCUT2D eigenvalue weighted by Gasteiger charge is -2.13. The molecular formula is C11H17N5. The highest BCUT2D eigenvalue weighted by atomic mass is 15.3. The Hall–Kier alpha value is -1.65. The van der Waals surface area contributed by atoms with Gasteiger partial charge in [0.05, 0.1) is 5.69 Å². The van der Waals surface area contributed by atoms with Crippen molar-refractivity contribution in [2.75, 3.05) is 0 Å². The number of nitrogens with zero attached hydrogens (tertiary/aromatic N) is 5. The lowest BCUT2D eigenvalue weighted by atomic mass is 9.92. The van der Waals surface area contributed by atoms with Crippen molar-refractivity contribution in [1.82, 2.24) is 24.5 Å². The van der Waals surface area contributed by atoms with Crippen LogP contribution >= 0.6 is 0 Å². The van der Waals surface area contributed by atoms with E-state index in [1.807, 2.05) is 23.3 Å². The summed E-state index contributed by atoms with van der Waals surface area (Å²) in [4.78, 5) is 0. The third kappa shape index (κ3) is 1.73. The van der Waals surface area contributed by atoms with Crippen molar-refractivity contribution in [2.24, 2.45) is 14.1 Å². The molecule has 0 bridgehead atoms. The van der Waals surface area contributed by atoms with Crippen LogP contribution in [-0.2, 0) is 19.5 Å². The maximum Gasteiger partial charge on any atom is 0.181 e. The molecule has 5 heteroatoms. The van der Waals surface area contributed by atoms with Gasteiger partial charge < -0.3 is 4.57 Å². The second-order valence-electron chi connectivity index (χ2n) is 5.05. The Kier molecular flexibility index (Phi) is 2.33. The Labute approximate surface area is 95.1 Å². The van der Waals surface area contributed by atoms with E-state index in [0.717, 1.165) is 17.2 Å². The Bertz CT molecular complexity index is 501. The number of hydrogen-bond acceptors (Lipinski definition) is 3. The minimum absolute atomic E-state index is 0.0502. The molecule has 0 atom stereocenters. The van der Waals surface area contributed by atoms with Crippen LogP contribution in [0.15, 0.2) is 12.4 Å². The molecule has 0 spiro atoms. The first-order valence-electron chi connectivity index (χ1n) is 5.28. The van der Waals surface area contributed by atoms with Gasteiger partial charge in [-0.2, -0.15) is 5.10 Å². The fourth-order valence-corrected chi connectivity index (χ4v) is 1.56. The summed E-state index contributed by atoms with van der Waals surface area (Å²) in [6.07, 6.45) is 1.69. The van der Waals surface area contributed by atoms with Gasteiger partial charge in [0.25, 0.3) is 0 Å². The number of hydrogen-bond donors (Lipinski definition) is 0. The molecule has 0 aromatic carbocycles. The predicted octanol–water partition coefficient (Wildman–Crippen LogP) is 1.51. The van der Waals surface area contributed by atoms with E-state index in [2.05, 4.69) is 42.1 Å². The third-order valence-corrected chi connectivity index (χ3v) is 2.59. The first kappa shape index (κ1) is 10.9. The summed E-state index contributed by atoms with van der Waals surface area (Å²) in [5.74, 6) is 0.838. The molecular weight excluding hydrogens is 202 g/mol. The van der Waals surface area contributed by atoms with E-state index in [-0.39, 0.29) is 5.41 Å². The minimum atomic E-state index is 0.0502. The number of aryl methyl sites for hydroxylation is 2. The quantitative estimate of drug-likeness (QED) is 0.730. The largest absolute Gasteiger partial charge is 0.315 e. The Morgan fingerprint density at radius 2 is 1.88 bits per heavy atom. The molecule has 2 aromatic heterocycles. The molecule has 0 saturated carbocycles. The number of aromatic nitrogens is 5. The Morgan fingerprint density at radius 3 is 2.31 bits per heavy atom. The summed E-state index contributed by atoms with van der Waals surface area (Å²) in [6, 6.07) is 2.07. The van der Waals surface area contributed by atoms with Gasteiger partial charge in [0.2, 0.25) is 0 Å². The first-order chi connectivity index (χ1) is 7.39. The molecule has 0 N–H and O–H groups in total. The summed E-state index contributed by atoms with van der Waals surface area (Å²) in [7, 11) is 3.86. The van der Waals surface area contributed by atoms with Crippen LogP contribution < -0.4 is 0 Å². The molecule has 0 aliphatic heterocycles. The number of rotatable bonds is 1. The van der Waals surface area contributed by atoms with Crippen LogP contribution in [0.25, 0.3) is 11.5 Å². The van der Waals surface area contributed by atoms with E-state index in [9.17, 15) is 0 Å². The van der Waals surface area contributed by atoms with Gasteiger partial charge in [0.1, 0.15) is 12.0 Å². The SMILES string of the molecule is Cn1cnnc1-c1cc(C(C)(C)C)nn1C. The van der Waals surface area contributed by atoms with Crippen LogP contribution in [-0.4, -0.2) is 24.5 Å². The maximum absolute atomic E-state index is 4.51. The van der Waals surface area contributed by atoms with Gasteiger partial charge in [-0.3, -0.25) is 4.68 Å². The van der Waals surface area contributed by atoms with Gasteiger partial charge >= 0.3 is 0 Å². The molecule has 5 nitrogen and oxygen atoms in total. The van der Waals surface area contributed by atoms with Gasteiger partial charge in [-0.05, 0) is 6.07 Å². The average molecular weight is 219 g/mol. The topological polar surface area (TPSA) is 48.5 Å². The zero-order chi connectivity index (χ0) is 11.9. The predicted molar refractivity (Wildman–Crippen MR) is 61.9 cm³/mol. The third-order valence-electron chi connectivity index (χ3n) is 2.59. The molecule has 0 radical (unpaired) electrons. The Balaban J connectivity index is 2.52. The zero-order valence-electron chi connectivity index (χ0n) is 10.4. The highest BCUT2D eigenvalue weighted by molar-refractivity contribution is 5.50. The fourth-order valence-electron chi connectivity index (χ4n) is 1.56. The maximum atomic E-state index is 4.51. The first-order valence-corrected chi connectivity index (χ1v) is 5.28. The molecule has 16 heavy (non-hydrogen) atoms. The van der Waals surface area contributed by atoms with Crippen LogP contribution in [0.4, 0.5) is 0 Å². The Morgan fingerprint density at radius 1 is 1.19 bits per heavy atom. The van der Waals surface area contributed by atoms with Crippen LogP contribution in [0, 0.1) is 0 Å². The zero-order valence-corrected chi connectivity index (χ0v) is 10.4. The summed E-state index contributed by atoms with van der Waals surface area (Å²) in [6.45, 7) is 6.45. The second-order valence-corrected chi connectivity index (χ2v) is 5.05. The van der Waals surface area contributed by atoms with Gasteiger partial charge in [-0.25, -0.2) is 0 Å². The minimum Gasteiger partial charge on any atom is -0.315 e. The molecule has 2 aromatic rings. The summed E-state index contributed by atoms with van der Waals surface area (Å²) < 4.78 is 3.74. The van der Waals surface area contributed by atoms with Gasteiger partial charge in [0.15, 0.2) is 5.82 Å². The van der Waals surface area contributed by atoms with Crippen LogP contribution in [0.5, 0.6) is 0 Å². The van der Waals surface area contributed by atoms with Crippen molar-refractivity contribution in [3.63, 3.8) is 0 Å². The van der Waals surface area contributed by atoms with Crippen molar-refractivity contribution in [1.29, 1.82) is 0 Å². The van der Waals surface area contributed by atoms with E-state index in [1.54, 1.807) is 6.33 Å². The second kappa shape index (κ2) is 3.43. The molecule has 2 heterocycles. The summed E-state index contributed by atoms with van der Waals surface area (Å²) in [5, 5.41) is 12.5. The normalized spacial score (nSPS) is 12.1. The van der Waals surface area contributed by atoms with Crippen LogP contribution in [0.2, 0.25) is 0 Å². The van der Waals surface area contributed by atoms with Crippen molar-refractivity contribution in [3.8, 4) is 11.5 Å². The van der Waals surface area contributed by atoms with Gasteiger partial charge in [-0.1, -0.05) is 20.8 Å². The fraction of sp³-hybridized carbons (Fsp3) is 0.545. The monoisotopic (exact) mass is 219 g/mol. The highest BCUT2D eigenvalue weighted by Gasteiger charge is 2.20. The standard InChI is InChI=1S/C11H17N5/c1-11(2,3)9-6-8(16(5)14-9)10-13-12-7-15(10)4/h6-7H,1-5H3. The van der Waals surface area contributed by atoms with E-state index < -0.39 is 0 Å². The molecule has 0 fully saturated rings. The van der Waals surface area contributed by atoms with E-state index in [0.29, 0.717) is 0 Å². The summed E-state index contributed by atoms with van der Waals surface area (Å²) in [5.41, 5.74) is 2.10. The summed E-state index contributed by atoms with van der Waals surface area (Å²) >= 11 is 0. The van der Waals surface area contributed by atoms with Crippen molar-refractivity contribution in [3.05, 3.63) is 18.1 Å². The van der Waals surface area contributed by atoms with Gasteiger partial charge in [-0.15, -0.1) is 10.2 Å². The van der Waals surface area contributed by atoms with Crippen molar-refractivity contribution >= 4 is 0 Å². The van der Waals surface area contributed by atoms with E-state index in [4.69, 9.17) is 0 Å². The lowest BCUT2D eigenvalue weighted by molar-refractivity contribution is 0.553. The smallest absolute Gasteiger partial charge is 0.181 e. The highest BCUT2D eigenvalue weighted by Crippen LogP contribution is 2.25. The van der Waals surface area contributed by atoms with Gasteiger partial charge in [0, 0.05) is 19.5 Å². The average Bonchev–Trinajstić information content (AvgIpc) is 2.70. The van der Waals surface area contributed by atoms with Crippen molar-refractivity contribution < 1.29 is 0 Å². The van der Waals surface area contributed by atoms with E-state index >= 15 is 0 Å². The van der Waals surface area contributed by atoms with Crippen molar-refractivity contribution in [2.45, 2.75) is 26.2 Å². The lowest BCUT2D eigenvalue weighted by Crippen LogP contribution is -2.12. The molecule has 0 aliphatic rings. The molecule has 0 saturated heterocycles. The van der Waals surface area contributed by atoms with E-state index in [1.165, 1.54) is 0 Å². The molecule has 0 aliphatic carbocycles. The molecule has 0 unspecified atom stereocenters.